The third-order valence-electron chi connectivity index (χ3n) is 4.20. The third-order valence-corrected chi connectivity index (χ3v) is 4.20. The molecule has 25 heavy (non-hydrogen) atoms. The molecule has 0 unspecified atom stereocenters. The van der Waals surface area contributed by atoms with Gasteiger partial charge in [-0.05, 0) is 43.2 Å². The van der Waals surface area contributed by atoms with Gasteiger partial charge in [-0.25, -0.2) is 0 Å². The van der Waals surface area contributed by atoms with Crippen LogP contribution in [0.5, 0.6) is 11.5 Å². The lowest BCUT2D eigenvalue weighted by atomic mass is 9.96. The summed E-state index contributed by atoms with van der Waals surface area (Å²) in [4.78, 5) is 12.4. The highest BCUT2D eigenvalue weighted by Crippen LogP contribution is 2.34. The van der Waals surface area contributed by atoms with Crippen molar-refractivity contribution in [3.05, 3.63) is 59.2 Å². The predicted octanol–water partition coefficient (Wildman–Crippen LogP) is 3.14. The Bertz CT molecular complexity index is 810. The molecule has 5 nitrogen and oxygen atoms in total. The largest absolute Gasteiger partial charge is 0.493 e. The highest BCUT2D eigenvalue weighted by atomic mass is 16.5. The molecule has 0 saturated carbocycles. The Morgan fingerprint density at radius 2 is 1.80 bits per heavy atom. The summed E-state index contributed by atoms with van der Waals surface area (Å²) < 4.78 is 10.7. The number of aryl methyl sites for hydroxylation is 1. The quantitative estimate of drug-likeness (QED) is 0.841. The normalized spacial score (nSPS) is 14.4. The molecule has 0 radical (unpaired) electrons. The Morgan fingerprint density at radius 1 is 1.12 bits per heavy atom. The van der Waals surface area contributed by atoms with Gasteiger partial charge in [-0.2, -0.15) is 0 Å². The molecule has 1 heterocycles. The topological polar surface area (TPSA) is 59.6 Å². The number of nitrogens with one attached hydrogen (secondary N) is 2. The first-order chi connectivity index (χ1) is 12.1. The lowest BCUT2D eigenvalue weighted by Crippen LogP contribution is -2.24. The highest BCUT2D eigenvalue weighted by molar-refractivity contribution is 6.04. The fourth-order valence-corrected chi connectivity index (χ4v) is 2.88. The number of fused-ring (bicyclic) bond motifs is 1. The number of hydrogen-bond donors (Lipinski definition) is 2. The molecular formula is C20H22N2O3. The van der Waals surface area contributed by atoms with E-state index in [1.54, 1.807) is 20.3 Å². The molecule has 0 aliphatic carbocycles. The van der Waals surface area contributed by atoms with Gasteiger partial charge in [-0.1, -0.05) is 17.7 Å². The van der Waals surface area contributed by atoms with Gasteiger partial charge in [0.05, 0.1) is 14.2 Å². The van der Waals surface area contributed by atoms with E-state index in [9.17, 15) is 4.79 Å². The highest BCUT2D eigenvalue weighted by Gasteiger charge is 2.18. The number of ether oxygens (including phenoxy) is 2. The van der Waals surface area contributed by atoms with Crippen LogP contribution >= 0.6 is 0 Å². The van der Waals surface area contributed by atoms with Crippen molar-refractivity contribution in [3.63, 3.8) is 0 Å². The summed E-state index contributed by atoms with van der Waals surface area (Å²) in [5.41, 5.74) is 4.80. The smallest absolute Gasteiger partial charge is 0.250 e. The minimum Gasteiger partial charge on any atom is -0.493 e. The van der Waals surface area contributed by atoms with Gasteiger partial charge in [0.15, 0.2) is 11.5 Å². The van der Waals surface area contributed by atoms with Crippen molar-refractivity contribution in [1.82, 2.24) is 5.32 Å². The van der Waals surface area contributed by atoms with Crippen molar-refractivity contribution < 1.29 is 14.3 Å². The van der Waals surface area contributed by atoms with E-state index in [0.717, 1.165) is 41.0 Å². The molecule has 0 saturated heterocycles. The van der Waals surface area contributed by atoms with Crippen LogP contribution in [0.1, 0.15) is 16.7 Å². The van der Waals surface area contributed by atoms with Gasteiger partial charge in [0.2, 0.25) is 5.91 Å². The van der Waals surface area contributed by atoms with Crippen LogP contribution in [0, 0.1) is 6.92 Å². The number of carbonyl (C=O) groups is 1. The first-order valence-corrected chi connectivity index (χ1v) is 8.19. The summed E-state index contributed by atoms with van der Waals surface area (Å²) in [5.74, 6) is 1.18. The summed E-state index contributed by atoms with van der Waals surface area (Å²) in [7, 11) is 3.23. The van der Waals surface area contributed by atoms with Crippen LogP contribution in [0.25, 0.3) is 5.70 Å². The molecule has 0 aromatic heterocycles. The average Bonchev–Trinajstić information content (AvgIpc) is 2.62. The SMILES string of the molecule is COc1cc2c(cc1OC)C(=CC(=O)Nc1ccc(C)cc1)NCC2. The van der Waals surface area contributed by atoms with Crippen LogP contribution in [0.2, 0.25) is 0 Å². The van der Waals surface area contributed by atoms with Crippen molar-refractivity contribution >= 4 is 17.3 Å². The molecule has 5 heteroatoms. The third kappa shape index (κ3) is 3.76. The predicted molar refractivity (Wildman–Crippen MR) is 99.0 cm³/mol. The van der Waals surface area contributed by atoms with Crippen LogP contribution in [0.15, 0.2) is 42.5 Å². The maximum Gasteiger partial charge on any atom is 0.250 e. The minimum atomic E-state index is -0.172. The van der Waals surface area contributed by atoms with Gasteiger partial charge in [-0.3, -0.25) is 4.79 Å². The minimum absolute atomic E-state index is 0.172. The lowest BCUT2D eigenvalue weighted by molar-refractivity contribution is -0.111. The molecule has 1 aliphatic rings. The van der Waals surface area contributed by atoms with Crippen LogP contribution in [-0.4, -0.2) is 26.7 Å². The molecule has 2 N–H and O–H groups in total. The second-order valence-corrected chi connectivity index (χ2v) is 5.95. The zero-order chi connectivity index (χ0) is 17.8. The molecule has 2 aromatic carbocycles. The molecule has 3 rings (SSSR count). The first-order valence-electron chi connectivity index (χ1n) is 8.19. The molecule has 0 spiro atoms. The van der Waals surface area contributed by atoms with E-state index < -0.39 is 0 Å². The van der Waals surface area contributed by atoms with Gasteiger partial charge < -0.3 is 20.1 Å². The maximum atomic E-state index is 12.4. The standard InChI is InChI=1S/C20H22N2O3/c1-13-4-6-15(7-5-13)22-20(23)12-17-16-11-19(25-3)18(24-2)10-14(16)8-9-21-17/h4-7,10-12,21H,8-9H2,1-3H3,(H,22,23). The summed E-state index contributed by atoms with van der Waals surface area (Å²) in [6, 6.07) is 11.6. The van der Waals surface area contributed by atoms with E-state index in [0.29, 0.717) is 11.5 Å². The summed E-state index contributed by atoms with van der Waals surface area (Å²) in [6.45, 7) is 2.78. The Balaban J connectivity index is 1.87. The summed E-state index contributed by atoms with van der Waals surface area (Å²) >= 11 is 0. The van der Waals surface area contributed by atoms with E-state index >= 15 is 0 Å². The molecular weight excluding hydrogens is 316 g/mol. The summed E-state index contributed by atoms with van der Waals surface area (Å²) in [6.07, 6.45) is 2.45. The molecule has 130 valence electrons. The van der Waals surface area contributed by atoms with Gasteiger partial charge in [0.1, 0.15) is 0 Å². The Kier molecular flexibility index (Phi) is 4.93. The molecule has 0 fully saturated rings. The number of carbonyl (C=O) groups excluding carboxylic acids is 1. The maximum absolute atomic E-state index is 12.4. The number of methoxy groups -OCH3 is 2. The van der Waals surface area contributed by atoms with Gasteiger partial charge in [-0.15, -0.1) is 0 Å². The van der Waals surface area contributed by atoms with Gasteiger partial charge in [0, 0.05) is 29.6 Å². The Morgan fingerprint density at radius 3 is 2.48 bits per heavy atom. The van der Waals surface area contributed by atoms with Crippen LogP contribution in [0.4, 0.5) is 5.69 Å². The van der Waals surface area contributed by atoms with Crippen LogP contribution in [-0.2, 0) is 11.2 Å². The second-order valence-electron chi connectivity index (χ2n) is 5.95. The monoisotopic (exact) mass is 338 g/mol. The summed E-state index contributed by atoms with van der Waals surface area (Å²) in [5, 5.41) is 6.18. The molecule has 0 atom stereocenters. The molecule has 1 aliphatic heterocycles. The number of amides is 1. The van der Waals surface area contributed by atoms with Crippen LogP contribution < -0.4 is 20.1 Å². The number of anilines is 1. The van der Waals surface area contributed by atoms with E-state index in [-0.39, 0.29) is 5.91 Å². The van der Waals surface area contributed by atoms with Gasteiger partial charge in [0.25, 0.3) is 0 Å². The fourth-order valence-electron chi connectivity index (χ4n) is 2.88. The van der Waals surface area contributed by atoms with E-state index in [2.05, 4.69) is 10.6 Å². The van der Waals surface area contributed by atoms with Crippen molar-refractivity contribution in [2.24, 2.45) is 0 Å². The number of hydrogen-bond acceptors (Lipinski definition) is 4. The van der Waals surface area contributed by atoms with Crippen molar-refractivity contribution in [1.29, 1.82) is 0 Å². The zero-order valence-electron chi connectivity index (χ0n) is 14.7. The lowest BCUT2D eigenvalue weighted by Gasteiger charge is -2.23. The van der Waals surface area contributed by atoms with Crippen molar-refractivity contribution in [2.75, 3.05) is 26.1 Å². The first kappa shape index (κ1) is 16.9. The molecule has 1 amide bonds. The van der Waals surface area contributed by atoms with Crippen molar-refractivity contribution in [2.45, 2.75) is 13.3 Å². The zero-order valence-corrected chi connectivity index (χ0v) is 14.7. The molecule has 0 bridgehead atoms. The van der Waals surface area contributed by atoms with E-state index in [4.69, 9.17) is 9.47 Å². The second kappa shape index (κ2) is 7.30. The van der Waals surface area contributed by atoms with Crippen LogP contribution in [0.3, 0.4) is 0 Å². The number of rotatable bonds is 4. The average molecular weight is 338 g/mol. The Labute approximate surface area is 147 Å². The fraction of sp³-hybridized carbons (Fsp3) is 0.250. The Hall–Kier alpha value is -2.95. The van der Waals surface area contributed by atoms with Crippen molar-refractivity contribution in [3.8, 4) is 11.5 Å². The van der Waals surface area contributed by atoms with E-state index in [1.165, 1.54) is 0 Å². The van der Waals surface area contributed by atoms with E-state index in [1.807, 2.05) is 43.3 Å². The van der Waals surface area contributed by atoms with Gasteiger partial charge >= 0.3 is 0 Å². The molecule has 2 aromatic rings. The number of benzene rings is 2.